The lowest BCUT2D eigenvalue weighted by molar-refractivity contribution is -0.145. The smallest absolute Gasteiger partial charge is 0.342 e. The maximum absolute atomic E-state index is 11.7. The van der Waals surface area contributed by atoms with Crippen LogP contribution in [-0.2, 0) is 22.7 Å². The summed E-state index contributed by atoms with van der Waals surface area (Å²) in [6.45, 7) is -0.466. The van der Waals surface area contributed by atoms with E-state index in [1.165, 1.54) is 0 Å². The van der Waals surface area contributed by atoms with Crippen molar-refractivity contribution in [2.45, 2.75) is 13.2 Å². The number of benzene rings is 1. The largest absolute Gasteiger partial charge is 0.477 e. The van der Waals surface area contributed by atoms with Crippen LogP contribution in [0.4, 0.5) is 0 Å². The molecule has 0 aliphatic rings. The van der Waals surface area contributed by atoms with Gasteiger partial charge in [-0.3, -0.25) is 19.1 Å². The highest BCUT2D eigenvalue weighted by atomic mass is 16.5. The summed E-state index contributed by atoms with van der Waals surface area (Å²) < 4.78 is 5.76. The first-order valence-electron chi connectivity index (χ1n) is 6.24. The van der Waals surface area contributed by atoms with Crippen molar-refractivity contribution in [2.24, 2.45) is 0 Å². The van der Waals surface area contributed by atoms with Crippen LogP contribution in [0, 0.1) is 0 Å². The average Bonchev–Trinajstić information content (AvgIpc) is 2.48. The number of aromatic carboxylic acids is 1. The zero-order valence-corrected chi connectivity index (χ0v) is 11.3. The Morgan fingerprint density at radius 2 is 1.86 bits per heavy atom. The van der Waals surface area contributed by atoms with E-state index in [1.54, 1.807) is 24.3 Å². The molecular formula is C14H12N2O6. The number of nitrogens with zero attached hydrogens (tertiary/aromatic N) is 1. The molecular weight excluding hydrogens is 292 g/mol. The van der Waals surface area contributed by atoms with Gasteiger partial charge in [0.15, 0.2) is 0 Å². The number of aromatic nitrogens is 2. The minimum atomic E-state index is -1.49. The van der Waals surface area contributed by atoms with Gasteiger partial charge in [0.25, 0.3) is 5.56 Å². The van der Waals surface area contributed by atoms with Crippen molar-refractivity contribution in [3.63, 3.8) is 0 Å². The third kappa shape index (κ3) is 3.69. The van der Waals surface area contributed by atoms with Crippen molar-refractivity contribution >= 4 is 11.9 Å². The molecule has 2 aromatic rings. The molecule has 8 heteroatoms. The van der Waals surface area contributed by atoms with Crippen molar-refractivity contribution in [1.29, 1.82) is 0 Å². The fraction of sp³-hybridized carbons (Fsp3) is 0.143. The Morgan fingerprint density at radius 3 is 2.50 bits per heavy atom. The molecule has 0 saturated heterocycles. The van der Waals surface area contributed by atoms with Crippen molar-refractivity contribution in [1.82, 2.24) is 9.55 Å². The summed E-state index contributed by atoms with van der Waals surface area (Å²) in [6.07, 6.45) is 0.813. The standard InChI is InChI=1S/C14H12N2O6/c17-11(22-8-9-4-2-1-3-5-9)7-16-6-10(13(19)20)12(18)15-14(16)21/h1-6H,7-8H2,(H,19,20)(H,15,18,21). The van der Waals surface area contributed by atoms with Crippen LogP contribution in [0.2, 0.25) is 0 Å². The predicted molar refractivity (Wildman–Crippen MR) is 74.5 cm³/mol. The Balaban J connectivity index is 2.08. The number of hydrogen-bond acceptors (Lipinski definition) is 5. The van der Waals surface area contributed by atoms with Crippen molar-refractivity contribution in [2.75, 3.05) is 0 Å². The van der Waals surface area contributed by atoms with Gasteiger partial charge in [-0.15, -0.1) is 0 Å². The number of esters is 1. The van der Waals surface area contributed by atoms with Crippen LogP contribution in [0.1, 0.15) is 15.9 Å². The lowest BCUT2D eigenvalue weighted by Gasteiger charge is -2.07. The normalized spacial score (nSPS) is 10.2. The zero-order valence-electron chi connectivity index (χ0n) is 11.3. The van der Waals surface area contributed by atoms with E-state index in [9.17, 15) is 19.2 Å². The number of carboxylic acid groups (broad SMARTS) is 1. The second-order valence-electron chi connectivity index (χ2n) is 4.38. The van der Waals surface area contributed by atoms with E-state index in [1.807, 2.05) is 11.1 Å². The fourth-order valence-corrected chi connectivity index (χ4v) is 1.70. The van der Waals surface area contributed by atoms with Crippen LogP contribution in [-0.4, -0.2) is 26.6 Å². The molecule has 0 spiro atoms. The number of hydrogen-bond donors (Lipinski definition) is 2. The van der Waals surface area contributed by atoms with Gasteiger partial charge in [-0.25, -0.2) is 9.59 Å². The predicted octanol–water partition coefficient (Wildman–Crippen LogP) is -0.0218. The molecule has 0 amide bonds. The third-order valence-electron chi connectivity index (χ3n) is 2.78. The summed E-state index contributed by atoms with van der Waals surface area (Å²) >= 11 is 0. The second kappa shape index (κ2) is 6.53. The van der Waals surface area contributed by atoms with Gasteiger partial charge < -0.3 is 9.84 Å². The van der Waals surface area contributed by atoms with E-state index < -0.39 is 35.3 Å². The number of rotatable bonds is 5. The maximum atomic E-state index is 11.7. The van der Waals surface area contributed by atoms with E-state index in [0.29, 0.717) is 0 Å². The first-order valence-corrected chi connectivity index (χ1v) is 6.24. The molecule has 1 aromatic carbocycles. The van der Waals surface area contributed by atoms with Crippen LogP contribution in [0.25, 0.3) is 0 Å². The molecule has 8 nitrogen and oxygen atoms in total. The van der Waals surface area contributed by atoms with Crippen LogP contribution in [0.3, 0.4) is 0 Å². The van der Waals surface area contributed by atoms with Crippen LogP contribution < -0.4 is 11.2 Å². The molecule has 0 bridgehead atoms. The third-order valence-corrected chi connectivity index (χ3v) is 2.78. The van der Waals surface area contributed by atoms with Gasteiger partial charge in [0.05, 0.1) is 0 Å². The molecule has 0 aliphatic heterocycles. The Kier molecular flexibility index (Phi) is 4.52. The number of ether oxygens (including phenoxy) is 1. The Hall–Kier alpha value is -3.16. The molecule has 0 fully saturated rings. The highest BCUT2D eigenvalue weighted by Gasteiger charge is 2.13. The topological polar surface area (TPSA) is 118 Å². The minimum Gasteiger partial charge on any atom is -0.477 e. The Morgan fingerprint density at radius 1 is 1.18 bits per heavy atom. The monoisotopic (exact) mass is 304 g/mol. The number of carbonyl (C=O) groups excluding carboxylic acids is 1. The lowest BCUT2D eigenvalue weighted by atomic mass is 10.2. The van der Waals surface area contributed by atoms with Crippen molar-refractivity contribution in [3.8, 4) is 0 Å². The van der Waals surface area contributed by atoms with E-state index in [-0.39, 0.29) is 6.61 Å². The Bertz CT molecular complexity index is 806. The number of carboxylic acids is 1. The summed E-state index contributed by atoms with van der Waals surface area (Å²) in [5.41, 5.74) is -1.76. The number of nitrogens with one attached hydrogen (secondary N) is 1. The Labute approximate surface area is 123 Å². The molecule has 1 aromatic heterocycles. The van der Waals surface area contributed by atoms with Gasteiger partial charge >= 0.3 is 17.6 Å². The van der Waals surface area contributed by atoms with Gasteiger partial charge in [0.1, 0.15) is 18.7 Å². The number of aromatic amines is 1. The molecule has 1 heterocycles. The number of carbonyl (C=O) groups is 2. The van der Waals surface area contributed by atoms with Crippen LogP contribution in [0.15, 0.2) is 46.1 Å². The SMILES string of the molecule is O=C(Cn1cc(C(=O)O)c(=O)[nH]c1=O)OCc1ccccc1. The quantitative estimate of drug-likeness (QED) is 0.749. The molecule has 22 heavy (non-hydrogen) atoms. The van der Waals surface area contributed by atoms with E-state index in [2.05, 4.69) is 0 Å². The van der Waals surface area contributed by atoms with Crippen LogP contribution >= 0.6 is 0 Å². The molecule has 0 atom stereocenters. The minimum absolute atomic E-state index is 0.0313. The molecule has 0 unspecified atom stereocenters. The molecule has 0 saturated carbocycles. The van der Waals surface area contributed by atoms with Crippen molar-refractivity contribution < 1.29 is 19.4 Å². The summed E-state index contributed by atoms with van der Waals surface area (Å²) in [4.78, 5) is 47.1. The summed E-state index contributed by atoms with van der Waals surface area (Å²) in [7, 11) is 0. The van der Waals surface area contributed by atoms with Gasteiger partial charge in [-0.05, 0) is 5.56 Å². The first kappa shape index (κ1) is 15.2. The van der Waals surface area contributed by atoms with E-state index in [0.717, 1.165) is 16.3 Å². The van der Waals surface area contributed by atoms with Gasteiger partial charge in [-0.1, -0.05) is 30.3 Å². The average molecular weight is 304 g/mol. The van der Waals surface area contributed by atoms with Crippen molar-refractivity contribution in [3.05, 3.63) is 68.5 Å². The first-order chi connectivity index (χ1) is 10.5. The van der Waals surface area contributed by atoms with E-state index in [4.69, 9.17) is 9.84 Å². The van der Waals surface area contributed by atoms with E-state index >= 15 is 0 Å². The van der Waals surface area contributed by atoms with Gasteiger partial charge in [0, 0.05) is 6.20 Å². The number of H-pyrrole nitrogens is 1. The molecule has 0 radical (unpaired) electrons. The molecule has 114 valence electrons. The second-order valence-corrected chi connectivity index (χ2v) is 4.38. The summed E-state index contributed by atoms with van der Waals surface area (Å²) in [5.74, 6) is -2.22. The lowest BCUT2D eigenvalue weighted by Crippen LogP contribution is -2.35. The highest BCUT2D eigenvalue weighted by Crippen LogP contribution is 2.01. The molecule has 2 N–H and O–H groups in total. The molecule has 2 rings (SSSR count). The summed E-state index contributed by atoms with van der Waals surface area (Å²) in [6, 6.07) is 8.92. The maximum Gasteiger partial charge on any atom is 0.342 e. The van der Waals surface area contributed by atoms with Gasteiger partial charge in [-0.2, -0.15) is 0 Å². The highest BCUT2D eigenvalue weighted by molar-refractivity contribution is 5.86. The fourth-order valence-electron chi connectivity index (χ4n) is 1.70. The van der Waals surface area contributed by atoms with Gasteiger partial charge in [0.2, 0.25) is 0 Å². The zero-order chi connectivity index (χ0) is 16.1. The summed E-state index contributed by atoms with van der Waals surface area (Å²) in [5, 5.41) is 8.82. The van der Waals surface area contributed by atoms with Crippen LogP contribution in [0.5, 0.6) is 0 Å². The molecule has 0 aliphatic carbocycles.